The summed E-state index contributed by atoms with van der Waals surface area (Å²) in [6.07, 6.45) is 2.13. The normalized spacial score (nSPS) is 24.7. The van der Waals surface area contributed by atoms with Crippen molar-refractivity contribution in [2.45, 2.75) is 45.3 Å². The van der Waals surface area contributed by atoms with Crippen molar-refractivity contribution in [3.8, 4) is 0 Å². The molecule has 1 aromatic rings. The van der Waals surface area contributed by atoms with Gasteiger partial charge in [-0.25, -0.2) is 0 Å². The minimum absolute atomic E-state index is 0.143. The summed E-state index contributed by atoms with van der Waals surface area (Å²) in [6.45, 7) is 7.56. The number of carbonyl (C=O) groups excluding carboxylic acids is 1. The molecular weight excluding hydrogens is 278 g/mol. The van der Waals surface area contributed by atoms with Crippen LogP contribution < -0.4 is 0 Å². The van der Waals surface area contributed by atoms with Crippen molar-refractivity contribution in [2.75, 3.05) is 26.3 Å². The molecular formula is C17H25N3O2. The fourth-order valence-corrected chi connectivity index (χ4v) is 3.75. The van der Waals surface area contributed by atoms with Crippen LogP contribution in [-0.2, 0) is 16.1 Å². The van der Waals surface area contributed by atoms with E-state index in [1.165, 1.54) is 0 Å². The van der Waals surface area contributed by atoms with Gasteiger partial charge in [0.1, 0.15) is 6.61 Å². The third-order valence-corrected chi connectivity index (χ3v) is 4.75. The number of amides is 1. The van der Waals surface area contributed by atoms with Crippen LogP contribution in [-0.4, -0.2) is 59.1 Å². The van der Waals surface area contributed by atoms with Crippen LogP contribution in [0.4, 0.5) is 0 Å². The topological polar surface area (TPSA) is 45.7 Å². The Morgan fingerprint density at radius 1 is 1.32 bits per heavy atom. The van der Waals surface area contributed by atoms with E-state index in [0.29, 0.717) is 18.7 Å². The second-order valence-corrected chi connectivity index (χ2v) is 6.18. The Hall–Kier alpha value is -1.46. The van der Waals surface area contributed by atoms with E-state index in [-0.39, 0.29) is 12.5 Å². The zero-order valence-electron chi connectivity index (χ0n) is 13.5. The van der Waals surface area contributed by atoms with Gasteiger partial charge in [-0.2, -0.15) is 0 Å². The highest BCUT2D eigenvalue weighted by molar-refractivity contribution is 5.78. The molecule has 0 spiro atoms. The summed E-state index contributed by atoms with van der Waals surface area (Å²) < 4.78 is 5.28. The standard InChI is InChI=1S/C17H25N3O2/c1-3-22-12-17(21)20-10-8-15-16(20)7-9-19(15)11-14-6-4-5-13(2)18-14/h4-6,15-16H,3,7-12H2,1-2H3/t15-,16+/m0/s1. The smallest absolute Gasteiger partial charge is 0.248 e. The molecule has 0 N–H and O–H groups in total. The molecule has 2 aliphatic heterocycles. The van der Waals surface area contributed by atoms with Crippen LogP contribution in [0, 0.1) is 6.92 Å². The number of carbonyl (C=O) groups is 1. The van der Waals surface area contributed by atoms with Gasteiger partial charge in [0.15, 0.2) is 0 Å². The predicted molar refractivity (Wildman–Crippen MR) is 84.4 cm³/mol. The minimum atomic E-state index is 0.143. The SMILES string of the molecule is CCOCC(=O)N1CC[C@H]2[C@H]1CCN2Cc1cccc(C)n1. The molecule has 2 saturated heterocycles. The first-order valence-electron chi connectivity index (χ1n) is 8.23. The molecule has 2 fully saturated rings. The number of hydrogen-bond acceptors (Lipinski definition) is 4. The Kier molecular flexibility index (Phi) is 4.74. The third-order valence-electron chi connectivity index (χ3n) is 4.75. The minimum Gasteiger partial charge on any atom is -0.372 e. The fourth-order valence-electron chi connectivity index (χ4n) is 3.75. The van der Waals surface area contributed by atoms with E-state index in [2.05, 4.69) is 22.0 Å². The average molecular weight is 303 g/mol. The van der Waals surface area contributed by atoms with E-state index >= 15 is 0 Å². The first-order chi connectivity index (χ1) is 10.7. The van der Waals surface area contributed by atoms with Crippen LogP contribution in [0.1, 0.15) is 31.2 Å². The fraction of sp³-hybridized carbons (Fsp3) is 0.647. The molecule has 3 rings (SSSR count). The molecule has 1 amide bonds. The van der Waals surface area contributed by atoms with Gasteiger partial charge in [0.05, 0.1) is 5.69 Å². The Morgan fingerprint density at radius 2 is 2.14 bits per heavy atom. The molecule has 2 aliphatic rings. The van der Waals surface area contributed by atoms with E-state index in [1.54, 1.807) is 0 Å². The molecule has 0 unspecified atom stereocenters. The van der Waals surface area contributed by atoms with E-state index in [4.69, 9.17) is 4.74 Å². The molecule has 0 aliphatic carbocycles. The van der Waals surface area contributed by atoms with Gasteiger partial charge in [-0.15, -0.1) is 0 Å². The Balaban J connectivity index is 1.61. The van der Waals surface area contributed by atoms with Gasteiger partial charge >= 0.3 is 0 Å². The highest BCUT2D eigenvalue weighted by atomic mass is 16.5. The molecule has 22 heavy (non-hydrogen) atoms. The van der Waals surface area contributed by atoms with Crippen molar-refractivity contribution in [2.24, 2.45) is 0 Å². The van der Waals surface area contributed by atoms with Gasteiger partial charge in [-0.05, 0) is 38.8 Å². The molecule has 5 nitrogen and oxygen atoms in total. The number of likely N-dealkylation sites (tertiary alicyclic amines) is 2. The maximum atomic E-state index is 12.2. The molecule has 120 valence electrons. The first-order valence-corrected chi connectivity index (χ1v) is 8.23. The van der Waals surface area contributed by atoms with Crippen LogP contribution >= 0.6 is 0 Å². The zero-order valence-corrected chi connectivity index (χ0v) is 13.5. The van der Waals surface area contributed by atoms with Crippen molar-refractivity contribution >= 4 is 5.91 Å². The Bertz CT molecular complexity index is 534. The number of aryl methyl sites for hydroxylation is 1. The van der Waals surface area contributed by atoms with Crippen molar-refractivity contribution in [3.05, 3.63) is 29.6 Å². The summed E-state index contributed by atoms with van der Waals surface area (Å²) in [6, 6.07) is 7.02. The second-order valence-electron chi connectivity index (χ2n) is 6.18. The summed E-state index contributed by atoms with van der Waals surface area (Å²) in [5.41, 5.74) is 2.19. The summed E-state index contributed by atoms with van der Waals surface area (Å²) in [5, 5.41) is 0. The zero-order chi connectivity index (χ0) is 15.5. The van der Waals surface area contributed by atoms with Crippen molar-refractivity contribution in [3.63, 3.8) is 0 Å². The summed E-state index contributed by atoms with van der Waals surface area (Å²) in [7, 11) is 0. The molecule has 0 radical (unpaired) electrons. The molecule has 0 saturated carbocycles. The predicted octanol–water partition coefficient (Wildman–Crippen LogP) is 1.60. The van der Waals surface area contributed by atoms with E-state index in [0.717, 1.165) is 43.9 Å². The molecule has 2 atom stereocenters. The Labute approximate surface area is 132 Å². The summed E-state index contributed by atoms with van der Waals surface area (Å²) in [4.78, 5) is 21.3. The van der Waals surface area contributed by atoms with Crippen molar-refractivity contribution in [1.29, 1.82) is 0 Å². The lowest BCUT2D eigenvalue weighted by molar-refractivity contribution is -0.136. The van der Waals surface area contributed by atoms with Gasteiger partial charge in [0.25, 0.3) is 0 Å². The summed E-state index contributed by atoms with van der Waals surface area (Å²) >= 11 is 0. The number of aromatic nitrogens is 1. The number of rotatable bonds is 5. The van der Waals surface area contributed by atoms with Crippen LogP contribution in [0.2, 0.25) is 0 Å². The lowest BCUT2D eigenvalue weighted by Crippen LogP contribution is -2.41. The van der Waals surface area contributed by atoms with Gasteiger partial charge in [-0.1, -0.05) is 6.07 Å². The maximum Gasteiger partial charge on any atom is 0.248 e. The quantitative estimate of drug-likeness (QED) is 0.829. The van der Waals surface area contributed by atoms with Gasteiger partial charge < -0.3 is 9.64 Å². The lowest BCUT2D eigenvalue weighted by atomic mass is 10.1. The molecule has 1 aromatic heterocycles. The van der Waals surface area contributed by atoms with Crippen molar-refractivity contribution in [1.82, 2.24) is 14.8 Å². The highest BCUT2D eigenvalue weighted by Crippen LogP contribution is 2.32. The van der Waals surface area contributed by atoms with E-state index in [1.807, 2.05) is 24.8 Å². The van der Waals surface area contributed by atoms with Gasteiger partial charge in [0, 0.05) is 44.0 Å². The average Bonchev–Trinajstić information content (AvgIpc) is 3.08. The first kappa shape index (κ1) is 15.4. The molecule has 5 heteroatoms. The number of ether oxygens (including phenoxy) is 1. The van der Waals surface area contributed by atoms with Gasteiger partial charge in [0.2, 0.25) is 5.91 Å². The second kappa shape index (κ2) is 6.75. The number of nitrogens with zero attached hydrogens (tertiary/aromatic N) is 3. The molecule has 0 bridgehead atoms. The number of fused-ring (bicyclic) bond motifs is 1. The monoisotopic (exact) mass is 303 g/mol. The van der Waals surface area contributed by atoms with Crippen LogP contribution in [0.25, 0.3) is 0 Å². The maximum absolute atomic E-state index is 12.2. The van der Waals surface area contributed by atoms with E-state index < -0.39 is 0 Å². The highest BCUT2D eigenvalue weighted by Gasteiger charge is 2.44. The van der Waals surface area contributed by atoms with E-state index in [9.17, 15) is 4.79 Å². The largest absolute Gasteiger partial charge is 0.372 e. The van der Waals surface area contributed by atoms with Crippen LogP contribution in [0.3, 0.4) is 0 Å². The van der Waals surface area contributed by atoms with Gasteiger partial charge in [-0.3, -0.25) is 14.7 Å². The third kappa shape index (κ3) is 3.15. The van der Waals surface area contributed by atoms with Crippen LogP contribution in [0.5, 0.6) is 0 Å². The lowest BCUT2D eigenvalue weighted by Gasteiger charge is -2.25. The van der Waals surface area contributed by atoms with Crippen molar-refractivity contribution < 1.29 is 9.53 Å². The molecule has 3 heterocycles. The summed E-state index contributed by atoms with van der Waals surface area (Å²) in [5.74, 6) is 0.143. The number of pyridine rings is 1. The van der Waals surface area contributed by atoms with Crippen LogP contribution in [0.15, 0.2) is 18.2 Å². The Morgan fingerprint density at radius 3 is 2.91 bits per heavy atom. The molecule has 0 aromatic carbocycles. The number of hydrogen-bond donors (Lipinski definition) is 0.